The molecule has 3 aromatic rings. The van der Waals surface area contributed by atoms with Gasteiger partial charge in [-0.1, -0.05) is 18.2 Å². The van der Waals surface area contributed by atoms with Gasteiger partial charge < -0.3 is 4.90 Å². The highest BCUT2D eigenvalue weighted by Gasteiger charge is 2.22. The molecule has 2 aromatic heterocycles. The summed E-state index contributed by atoms with van der Waals surface area (Å²) < 4.78 is 1.82. The van der Waals surface area contributed by atoms with Gasteiger partial charge in [-0.3, -0.25) is 4.79 Å². The molecule has 0 bridgehead atoms. The molecule has 0 aliphatic carbocycles. The average molecular weight is 324 g/mol. The Morgan fingerprint density at radius 1 is 1.13 bits per heavy atom. The number of hydrogen-bond acceptors (Lipinski definition) is 4. The summed E-state index contributed by atoms with van der Waals surface area (Å²) >= 11 is 1.49. The Kier molecular flexibility index (Phi) is 3.67. The number of rotatable bonds is 3. The van der Waals surface area contributed by atoms with Gasteiger partial charge in [-0.05, 0) is 25.0 Å². The Morgan fingerprint density at radius 2 is 1.91 bits per heavy atom. The predicted octanol–water partition coefficient (Wildman–Crippen LogP) is 3.23. The van der Waals surface area contributed by atoms with Crippen LogP contribution in [0.1, 0.15) is 23.3 Å². The quantitative estimate of drug-likeness (QED) is 0.743. The van der Waals surface area contributed by atoms with E-state index in [0.717, 1.165) is 42.2 Å². The van der Waals surface area contributed by atoms with Crippen molar-refractivity contribution >= 4 is 17.2 Å². The molecule has 0 atom stereocenters. The molecule has 0 N–H and O–H groups in total. The Hall–Kier alpha value is -2.47. The van der Waals surface area contributed by atoms with Crippen molar-refractivity contribution in [3.63, 3.8) is 0 Å². The van der Waals surface area contributed by atoms with Crippen LogP contribution in [0, 0.1) is 0 Å². The van der Waals surface area contributed by atoms with Crippen molar-refractivity contribution in [1.82, 2.24) is 19.7 Å². The molecule has 1 aliphatic heterocycles. The molecule has 0 spiro atoms. The van der Waals surface area contributed by atoms with Crippen molar-refractivity contribution in [3.8, 4) is 16.3 Å². The van der Waals surface area contributed by atoms with E-state index in [2.05, 4.69) is 10.1 Å². The van der Waals surface area contributed by atoms with Crippen LogP contribution in [0.15, 0.2) is 48.1 Å². The van der Waals surface area contributed by atoms with Crippen molar-refractivity contribution < 1.29 is 4.79 Å². The van der Waals surface area contributed by atoms with Crippen molar-refractivity contribution in [2.24, 2.45) is 0 Å². The van der Waals surface area contributed by atoms with Crippen LogP contribution >= 0.6 is 11.3 Å². The SMILES string of the molecule is O=C(c1csc(-c2cnn(-c3ccccc3)c2)n1)N1CCCC1. The molecule has 0 radical (unpaired) electrons. The molecule has 0 saturated carbocycles. The van der Waals surface area contributed by atoms with E-state index in [-0.39, 0.29) is 5.91 Å². The first-order valence-electron chi connectivity index (χ1n) is 7.66. The molecule has 1 amide bonds. The zero-order chi connectivity index (χ0) is 15.6. The number of benzene rings is 1. The summed E-state index contributed by atoms with van der Waals surface area (Å²) in [5.41, 5.74) is 2.47. The number of thiazole rings is 1. The molecule has 116 valence electrons. The van der Waals surface area contributed by atoms with E-state index >= 15 is 0 Å². The van der Waals surface area contributed by atoms with Gasteiger partial charge in [0.15, 0.2) is 0 Å². The van der Waals surface area contributed by atoms with E-state index in [1.165, 1.54) is 11.3 Å². The van der Waals surface area contributed by atoms with Crippen LogP contribution in [0.5, 0.6) is 0 Å². The summed E-state index contributed by atoms with van der Waals surface area (Å²) in [6.45, 7) is 1.69. The molecule has 23 heavy (non-hydrogen) atoms. The van der Waals surface area contributed by atoms with Gasteiger partial charge in [-0.15, -0.1) is 11.3 Å². The van der Waals surface area contributed by atoms with Crippen LogP contribution in [-0.2, 0) is 0 Å². The van der Waals surface area contributed by atoms with Gasteiger partial charge in [0.2, 0.25) is 0 Å². The van der Waals surface area contributed by atoms with Gasteiger partial charge in [0.1, 0.15) is 10.7 Å². The molecule has 4 rings (SSSR count). The Bertz CT molecular complexity index is 818. The summed E-state index contributed by atoms with van der Waals surface area (Å²) in [7, 11) is 0. The molecular formula is C17H16N4OS. The minimum absolute atomic E-state index is 0.0421. The van der Waals surface area contributed by atoms with Crippen LogP contribution < -0.4 is 0 Å². The van der Waals surface area contributed by atoms with Crippen LogP contribution in [0.3, 0.4) is 0 Å². The summed E-state index contributed by atoms with van der Waals surface area (Å²) in [6.07, 6.45) is 5.91. The molecule has 1 fully saturated rings. The first kappa shape index (κ1) is 14.1. The smallest absolute Gasteiger partial charge is 0.273 e. The predicted molar refractivity (Wildman–Crippen MR) is 89.8 cm³/mol. The molecule has 1 aliphatic rings. The first-order chi connectivity index (χ1) is 11.3. The fourth-order valence-electron chi connectivity index (χ4n) is 2.74. The maximum absolute atomic E-state index is 12.4. The van der Waals surface area contributed by atoms with Gasteiger partial charge in [-0.25, -0.2) is 9.67 Å². The molecule has 0 unspecified atom stereocenters. The third-order valence-electron chi connectivity index (χ3n) is 3.97. The largest absolute Gasteiger partial charge is 0.337 e. The molecule has 1 saturated heterocycles. The van der Waals surface area contributed by atoms with Crippen molar-refractivity contribution in [2.45, 2.75) is 12.8 Å². The second-order valence-electron chi connectivity index (χ2n) is 5.55. The lowest BCUT2D eigenvalue weighted by Crippen LogP contribution is -2.27. The molecular weight excluding hydrogens is 308 g/mol. The molecule has 1 aromatic carbocycles. The summed E-state index contributed by atoms with van der Waals surface area (Å²) in [5.74, 6) is 0.0421. The van der Waals surface area contributed by atoms with E-state index in [4.69, 9.17) is 0 Å². The summed E-state index contributed by atoms with van der Waals surface area (Å²) in [4.78, 5) is 18.8. The minimum Gasteiger partial charge on any atom is -0.337 e. The zero-order valence-electron chi connectivity index (χ0n) is 12.6. The Labute approximate surface area is 138 Å². The highest BCUT2D eigenvalue weighted by molar-refractivity contribution is 7.13. The maximum atomic E-state index is 12.4. The number of likely N-dealkylation sites (tertiary alicyclic amines) is 1. The second kappa shape index (κ2) is 5.96. The lowest BCUT2D eigenvalue weighted by molar-refractivity contribution is 0.0788. The van der Waals surface area contributed by atoms with Crippen LogP contribution in [0.4, 0.5) is 0 Å². The Balaban J connectivity index is 1.57. The molecule has 5 nitrogen and oxygen atoms in total. The Morgan fingerprint density at radius 3 is 2.70 bits per heavy atom. The van der Waals surface area contributed by atoms with Crippen molar-refractivity contribution in [1.29, 1.82) is 0 Å². The average Bonchev–Trinajstić information content (AvgIpc) is 3.35. The normalized spacial score (nSPS) is 14.3. The highest BCUT2D eigenvalue weighted by Crippen LogP contribution is 2.25. The minimum atomic E-state index is 0.0421. The lowest BCUT2D eigenvalue weighted by Gasteiger charge is -2.12. The van der Waals surface area contributed by atoms with E-state index in [0.29, 0.717) is 5.69 Å². The van der Waals surface area contributed by atoms with E-state index in [9.17, 15) is 4.79 Å². The van der Waals surface area contributed by atoms with E-state index in [1.807, 2.05) is 51.5 Å². The number of hydrogen-bond donors (Lipinski definition) is 0. The number of amides is 1. The van der Waals surface area contributed by atoms with E-state index in [1.54, 1.807) is 6.20 Å². The third-order valence-corrected chi connectivity index (χ3v) is 4.86. The van der Waals surface area contributed by atoms with Crippen molar-refractivity contribution in [2.75, 3.05) is 13.1 Å². The van der Waals surface area contributed by atoms with Crippen LogP contribution in [0.25, 0.3) is 16.3 Å². The monoisotopic (exact) mass is 324 g/mol. The maximum Gasteiger partial charge on any atom is 0.273 e. The van der Waals surface area contributed by atoms with Gasteiger partial charge in [0, 0.05) is 30.2 Å². The zero-order valence-corrected chi connectivity index (χ0v) is 13.4. The second-order valence-corrected chi connectivity index (χ2v) is 6.40. The highest BCUT2D eigenvalue weighted by atomic mass is 32.1. The summed E-state index contributed by atoms with van der Waals surface area (Å²) in [6, 6.07) is 9.94. The van der Waals surface area contributed by atoms with Gasteiger partial charge >= 0.3 is 0 Å². The number of para-hydroxylation sites is 1. The summed E-state index contributed by atoms with van der Waals surface area (Å²) in [5, 5.41) is 7.05. The topological polar surface area (TPSA) is 51.0 Å². The number of carbonyl (C=O) groups excluding carboxylic acids is 1. The fourth-order valence-corrected chi connectivity index (χ4v) is 3.51. The number of carbonyl (C=O) groups is 1. The lowest BCUT2D eigenvalue weighted by atomic mass is 10.3. The number of aromatic nitrogens is 3. The standard InChI is InChI=1S/C17H16N4OS/c22-17(20-8-4-5-9-20)15-12-23-16(19-15)13-10-18-21(11-13)14-6-2-1-3-7-14/h1-3,6-7,10-12H,4-5,8-9H2. The van der Waals surface area contributed by atoms with Crippen LogP contribution in [-0.4, -0.2) is 38.7 Å². The first-order valence-corrected chi connectivity index (χ1v) is 8.54. The van der Waals surface area contributed by atoms with Crippen molar-refractivity contribution in [3.05, 3.63) is 53.8 Å². The molecule has 6 heteroatoms. The molecule has 3 heterocycles. The van der Waals surface area contributed by atoms with Gasteiger partial charge in [0.05, 0.1) is 11.9 Å². The number of nitrogens with zero attached hydrogens (tertiary/aromatic N) is 4. The van der Waals surface area contributed by atoms with Crippen LogP contribution in [0.2, 0.25) is 0 Å². The third kappa shape index (κ3) is 2.77. The van der Waals surface area contributed by atoms with Gasteiger partial charge in [0.25, 0.3) is 5.91 Å². The van der Waals surface area contributed by atoms with E-state index < -0.39 is 0 Å². The van der Waals surface area contributed by atoms with Gasteiger partial charge in [-0.2, -0.15) is 5.10 Å². The fraction of sp³-hybridized carbons (Fsp3) is 0.235.